The molecule has 0 aromatic rings. The second kappa shape index (κ2) is 11.0. The molecule has 0 radical (unpaired) electrons. The van der Waals surface area contributed by atoms with Crippen LogP contribution in [0.5, 0.6) is 0 Å². The van der Waals surface area contributed by atoms with Crippen LogP contribution in [0.25, 0.3) is 0 Å². The molecule has 8 heavy (non-hydrogen) atoms. The van der Waals surface area contributed by atoms with Crippen molar-refractivity contribution in [2.24, 2.45) is 0 Å². The van der Waals surface area contributed by atoms with Crippen LogP contribution < -0.4 is 0 Å². The van der Waals surface area contributed by atoms with Crippen molar-refractivity contribution in [3.63, 3.8) is 0 Å². The third-order valence-corrected chi connectivity index (χ3v) is 2.98. The van der Waals surface area contributed by atoms with E-state index in [9.17, 15) is 0 Å². The fourth-order valence-electron chi connectivity index (χ4n) is 0.250. The van der Waals surface area contributed by atoms with Crippen LogP contribution in [-0.4, -0.2) is 40.1 Å². The van der Waals surface area contributed by atoms with E-state index in [1.807, 2.05) is 11.8 Å². The van der Waals surface area contributed by atoms with Crippen LogP contribution in [0.4, 0.5) is 0 Å². The summed E-state index contributed by atoms with van der Waals surface area (Å²) < 4.78 is 0. The van der Waals surface area contributed by atoms with Gasteiger partial charge in [-0.25, -0.2) is 0 Å². The van der Waals surface area contributed by atoms with Gasteiger partial charge in [0.2, 0.25) is 0 Å². The van der Waals surface area contributed by atoms with Crippen molar-refractivity contribution in [3.8, 4) is 0 Å². The van der Waals surface area contributed by atoms with Crippen molar-refractivity contribution in [2.45, 2.75) is 5.21 Å². The zero-order valence-corrected chi connectivity index (χ0v) is 8.73. The molecule has 0 aromatic carbocycles. The van der Waals surface area contributed by atoms with Crippen LogP contribution in [0, 0.1) is 0 Å². The topological polar surface area (TPSA) is 20.2 Å². The second-order valence-electron chi connectivity index (χ2n) is 1.12. The first-order valence-corrected chi connectivity index (χ1v) is 5.17. The summed E-state index contributed by atoms with van der Waals surface area (Å²) in [4.78, 5) is 0. The number of thioether (sulfide) groups is 1. The Morgan fingerprint density at radius 1 is 1.38 bits per heavy atom. The van der Waals surface area contributed by atoms with Gasteiger partial charge in [-0.15, -0.1) is 12.4 Å². The molecule has 0 aliphatic rings. The molecule has 1 atom stereocenters. The predicted octanol–water partition coefficient (Wildman–Crippen LogP) is 0.185. The Kier molecular flexibility index (Phi) is 16.4. The third-order valence-electron chi connectivity index (χ3n) is 0.498. The Hall–Kier alpha value is 1.16. The van der Waals surface area contributed by atoms with Crippen molar-refractivity contribution in [1.82, 2.24) is 0 Å². The van der Waals surface area contributed by atoms with Gasteiger partial charge in [0.15, 0.2) is 0 Å². The van der Waals surface area contributed by atoms with Crippen molar-refractivity contribution in [1.29, 1.82) is 0 Å². The molecule has 1 N–H and O–H groups in total. The quantitative estimate of drug-likeness (QED) is 0.537. The van der Waals surface area contributed by atoms with Gasteiger partial charge in [-0.2, -0.15) is 0 Å². The number of aliphatic hydroxyl groups excluding tert-OH is 1. The van der Waals surface area contributed by atoms with Crippen molar-refractivity contribution in [2.75, 3.05) is 18.1 Å². The number of aliphatic hydroxyl groups is 1. The monoisotopic (exact) mass is 218 g/mol. The summed E-state index contributed by atoms with van der Waals surface area (Å²) in [5.74, 6) is 2.12. The Balaban J connectivity index is 0. The molecule has 0 bridgehead atoms. The normalized spacial score (nSPS) is 8.25. The maximum absolute atomic E-state index is 8.28. The van der Waals surface area contributed by atoms with Gasteiger partial charge < -0.3 is 0 Å². The Morgan fingerprint density at radius 3 is 2.38 bits per heavy atom. The average molecular weight is 219 g/mol. The van der Waals surface area contributed by atoms with Gasteiger partial charge in [0.25, 0.3) is 0 Å². The van der Waals surface area contributed by atoms with Crippen LogP contribution in [-0.2, 0) is 0 Å². The second-order valence-corrected chi connectivity index (χ2v) is 3.56. The summed E-state index contributed by atoms with van der Waals surface area (Å²) in [7, 11) is 0. The molecular weight excluding hydrogens is 206 g/mol. The van der Waals surface area contributed by atoms with Gasteiger partial charge >= 0.3 is 57.0 Å². The molecule has 1 unspecified atom stereocenters. The van der Waals surface area contributed by atoms with Crippen LogP contribution in [0.1, 0.15) is 0 Å². The minimum atomic E-state index is 0. The number of hydrogen-bond acceptors (Lipinski definition) is 2. The Bertz CT molecular complexity index is 35.2. The molecule has 0 saturated heterocycles. The molecular formula is C4H12AsClOS. The molecule has 0 aromatic heterocycles. The van der Waals surface area contributed by atoms with Crippen LogP contribution >= 0.6 is 24.2 Å². The zero-order valence-electron chi connectivity index (χ0n) is 4.67. The molecule has 0 aliphatic heterocycles. The summed E-state index contributed by atoms with van der Waals surface area (Å²) in [5.41, 5.74) is 0. The van der Waals surface area contributed by atoms with E-state index in [1.54, 1.807) is 16.9 Å². The molecule has 0 amide bonds. The molecule has 0 heterocycles. The SMILES string of the molecule is Cl.OCCSCC[AsH2]. The minimum absolute atomic E-state index is 0. The standard InChI is InChI=1S/C4H11AsOS.ClH/c5-1-3-7-4-2-6;/h6H,1-5H2;1H. The third kappa shape index (κ3) is 10.2. The van der Waals surface area contributed by atoms with Crippen molar-refractivity contribution >= 4 is 41.0 Å². The summed E-state index contributed by atoms with van der Waals surface area (Å²) in [6.07, 6.45) is 0. The molecule has 0 aliphatic carbocycles. The number of hydrogen-bond donors (Lipinski definition) is 1. The zero-order chi connectivity index (χ0) is 5.54. The van der Waals surface area contributed by atoms with Crippen LogP contribution in [0.15, 0.2) is 0 Å². The van der Waals surface area contributed by atoms with Gasteiger partial charge in [0.1, 0.15) is 0 Å². The van der Waals surface area contributed by atoms with E-state index in [-0.39, 0.29) is 12.4 Å². The fourth-order valence-corrected chi connectivity index (χ4v) is 1.80. The summed E-state index contributed by atoms with van der Waals surface area (Å²) in [5, 5.41) is 9.55. The summed E-state index contributed by atoms with van der Waals surface area (Å²) >= 11 is 3.58. The van der Waals surface area contributed by atoms with Gasteiger partial charge in [0.05, 0.1) is 0 Å². The van der Waals surface area contributed by atoms with E-state index in [1.165, 1.54) is 11.0 Å². The first-order valence-electron chi connectivity index (χ1n) is 2.30. The maximum atomic E-state index is 8.28. The fraction of sp³-hybridized carbons (Fsp3) is 1.00. The van der Waals surface area contributed by atoms with Crippen molar-refractivity contribution < 1.29 is 5.11 Å². The molecule has 0 spiro atoms. The summed E-state index contributed by atoms with van der Waals surface area (Å²) in [6.45, 7) is 0.331. The van der Waals surface area contributed by atoms with Gasteiger partial charge in [-0.3, -0.25) is 0 Å². The predicted molar refractivity (Wildman–Crippen MR) is 45.0 cm³/mol. The van der Waals surface area contributed by atoms with E-state index >= 15 is 0 Å². The Morgan fingerprint density at radius 2 is 2.00 bits per heavy atom. The molecule has 52 valence electrons. The number of halogens is 1. The van der Waals surface area contributed by atoms with E-state index in [0.717, 1.165) is 5.75 Å². The van der Waals surface area contributed by atoms with Gasteiger partial charge in [0, 0.05) is 0 Å². The first kappa shape index (κ1) is 11.9. The molecule has 1 nitrogen and oxygen atoms in total. The van der Waals surface area contributed by atoms with Crippen molar-refractivity contribution in [3.05, 3.63) is 0 Å². The van der Waals surface area contributed by atoms with Gasteiger partial charge in [-0.1, -0.05) is 0 Å². The number of rotatable bonds is 4. The van der Waals surface area contributed by atoms with E-state index < -0.39 is 0 Å². The van der Waals surface area contributed by atoms with Crippen LogP contribution in [0.3, 0.4) is 0 Å². The van der Waals surface area contributed by atoms with Crippen LogP contribution in [0.2, 0.25) is 5.21 Å². The molecule has 0 rings (SSSR count). The Labute approximate surface area is 69.5 Å². The van der Waals surface area contributed by atoms with E-state index in [2.05, 4.69) is 0 Å². The molecule has 4 heteroatoms. The van der Waals surface area contributed by atoms with E-state index in [4.69, 9.17) is 5.11 Å². The molecule has 0 fully saturated rings. The molecule has 0 saturated carbocycles. The van der Waals surface area contributed by atoms with Gasteiger partial charge in [-0.05, 0) is 0 Å². The average Bonchev–Trinajstić information content (AvgIpc) is 1.69. The summed E-state index contributed by atoms with van der Waals surface area (Å²) in [6, 6.07) is 0. The first-order chi connectivity index (χ1) is 3.41. The van der Waals surface area contributed by atoms with E-state index in [0.29, 0.717) is 6.61 Å².